The summed E-state index contributed by atoms with van der Waals surface area (Å²) < 4.78 is 0. The van der Waals surface area contributed by atoms with E-state index in [1.807, 2.05) is 0 Å². The maximum atomic E-state index is 0. The fourth-order valence-electron chi connectivity index (χ4n) is 0. The van der Waals surface area contributed by atoms with E-state index in [0.717, 1.165) is 0 Å². The predicted octanol–water partition coefficient (Wildman–Crippen LogP) is -0.767. The fourth-order valence-corrected chi connectivity index (χ4v) is 0. The molecule has 0 heterocycles. The molecule has 0 rings (SSSR count). The number of hydrogen-bond donors (Lipinski definition) is 0. The molecule has 0 fully saturated rings. The molecule has 0 amide bonds. The summed E-state index contributed by atoms with van der Waals surface area (Å²) in [4.78, 5) is 0. The zero-order valence-corrected chi connectivity index (χ0v) is 8.97. The van der Waals surface area contributed by atoms with E-state index in [1.54, 1.807) is 0 Å². The van der Waals surface area contributed by atoms with E-state index in [4.69, 9.17) is 0 Å². The van der Waals surface area contributed by atoms with Crippen molar-refractivity contribution in [3.63, 3.8) is 0 Å². The van der Waals surface area contributed by atoms with Crippen LogP contribution in [-0.2, 0) is 36.5 Å². The molecule has 0 nitrogen and oxygen atoms in total. The summed E-state index contributed by atoms with van der Waals surface area (Å²) >= 11 is 0. The van der Waals surface area contributed by atoms with E-state index in [9.17, 15) is 0 Å². The minimum Gasteiger partial charge on any atom is 0 e. The van der Waals surface area contributed by atoms with Gasteiger partial charge in [0.1, 0.15) is 0 Å². The van der Waals surface area contributed by atoms with Gasteiger partial charge in [-0.25, -0.2) is 0 Å². The molecule has 0 bridgehead atoms. The smallest absolute Gasteiger partial charge is 0 e. The molecule has 0 saturated carbocycles. The minimum absolute atomic E-state index is 0. The molecule has 0 atom stereocenters. The van der Waals surface area contributed by atoms with E-state index >= 15 is 0 Å². The van der Waals surface area contributed by atoms with Crippen molar-refractivity contribution in [2.75, 3.05) is 0 Å². The van der Waals surface area contributed by atoms with E-state index in [2.05, 4.69) is 0 Å². The molecule has 0 aromatic carbocycles. The predicted molar refractivity (Wildman–Crippen MR) is 11.5 cm³/mol. The van der Waals surface area contributed by atoms with Gasteiger partial charge in [0.25, 0.3) is 0 Å². The molecule has 4 heavy (non-hydrogen) atoms. The molecular formula is AlAsCuZn. The average molecular weight is 231 g/mol. The van der Waals surface area contributed by atoms with Crippen LogP contribution < -0.4 is 0 Å². The zero-order valence-electron chi connectivity index (χ0n) is 2.03. The van der Waals surface area contributed by atoms with Crippen LogP contribution in [-0.4, -0.2) is 35.3 Å². The Bertz CT molecular complexity index is 8.00. The van der Waals surface area contributed by atoms with Crippen LogP contribution >= 0.6 is 0 Å². The Labute approximate surface area is 71.2 Å². The quantitative estimate of drug-likeness (QED) is 0.480. The Morgan fingerprint density at radius 1 is 1.00 bits per heavy atom. The van der Waals surface area contributed by atoms with Gasteiger partial charge >= 0.3 is 0 Å². The third-order valence-electron chi connectivity index (χ3n) is 0. The van der Waals surface area contributed by atoms with Gasteiger partial charge < -0.3 is 0 Å². The van der Waals surface area contributed by atoms with Gasteiger partial charge in [0.05, 0.1) is 0 Å². The summed E-state index contributed by atoms with van der Waals surface area (Å²) in [5, 5.41) is 0. The Hall–Kier alpha value is 2.23. The molecule has 0 aliphatic carbocycles. The Kier molecular flexibility index (Phi) is 161. The van der Waals surface area contributed by atoms with Gasteiger partial charge in [0.2, 0.25) is 0 Å². The summed E-state index contributed by atoms with van der Waals surface area (Å²) in [6.45, 7) is 0. The van der Waals surface area contributed by atoms with Crippen LogP contribution in [0.2, 0.25) is 0 Å². The monoisotopic (exact) mass is 229 g/mol. The molecule has 0 unspecified atom stereocenters. The molecule has 4 heteroatoms. The first kappa shape index (κ1) is 34.2. The molecular weight excluding hydrogens is 231 g/mol. The van der Waals surface area contributed by atoms with Crippen molar-refractivity contribution >= 4 is 35.3 Å². The maximum absolute atomic E-state index is 0. The first-order valence-electron chi connectivity index (χ1n) is 0. The number of rotatable bonds is 0. The average Bonchev–Trinajstić information content (AvgIpc) is 0. The van der Waals surface area contributed by atoms with Crippen molar-refractivity contribution in [2.45, 2.75) is 0 Å². The van der Waals surface area contributed by atoms with Crippen LogP contribution in [0.4, 0.5) is 0 Å². The number of hydrogen-bond acceptors (Lipinski definition) is 0. The van der Waals surface area contributed by atoms with Crippen LogP contribution in [0, 0.1) is 0 Å². The van der Waals surface area contributed by atoms with E-state index in [0.29, 0.717) is 0 Å². The van der Waals surface area contributed by atoms with Gasteiger partial charge in [-0.3, -0.25) is 0 Å². The third kappa shape index (κ3) is 8.87. The van der Waals surface area contributed by atoms with Crippen LogP contribution in [0.15, 0.2) is 0 Å². The van der Waals surface area contributed by atoms with Gasteiger partial charge in [0, 0.05) is 71.9 Å². The van der Waals surface area contributed by atoms with Crippen LogP contribution in [0.3, 0.4) is 0 Å². The molecule has 0 aromatic rings. The summed E-state index contributed by atoms with van der Waals surface area (Å²) in [6.07, 6.45) is 0. The summed E-state index contributed by atoms with van der Waals surface area (Å²) in [5.74, 6) is 0. The normalized spacial score (nSPS) is 0. The second kappa shape index (κ2) is 18.8. The van der Waals surface area contributed by atoms with E-state index in [1.165, 1.54) is 0 Å². The largest absolute Gasteiger partial charge is 0 e. The van der Waals surface area contributed by atoms with Gasteiger partial charge in [0.15, 0.2) is 0 Å². The molecule has 0 saturated heterocycles. The van der Waals surface area contributed by atoms with Crippen molar-refractivity contribution in [1.29, 1.82) is 0 Å². The summed E-state index contributed by atoms with van der Waals surface area (Å²) in [7, 11) is 0. The summed E-state index contributed by atoms with van der Waals surface area (Å²) in [5.41, 5.74) is 0. The molecule has 21 valence electrons. The Morgan fingerprint density at radius 3 is 1.00 bits per heavy atom. The van der Waals surface area contributed by atoms with Crippen LogP contribution in [0.5, 0.6) is 0 Å². The van der Waals surface area contributed by atoms with Gasteiger partial charge in [-0.05, 0) is 0 Å². The second-order valence-corrected chi connectivity index (χ2v) is 0. The van der Waals surface area contributed by atoms with Crippen molar-refractivity contribution in [3.05, 3.63) is 0 Å². The van der Waals surface area contributed by atoms with Gasteiger partial charge in [-0.2, -0.15) is 0 Å². The van der Waals surface area contributed by atoms with Crippen LogP contribution in [0.1, 0.15) is 0 Å². The molecule has 0 N–H and O–H groups in total. The molecule has 7 radical (unpaired) electrons. The maximum Gasteiger partial charge on any atom is 0 e. The van der Waals surface area contributed by atoms with Crippen molar-refractivity contribution in [2.24, 2.45) is 0 Å². The topological polar surface area (TPSA) is 0 Å². The standard InChI is InChI=1S/Al.As.Cu.Zn. The molecule has 0 aromatic heterocycles. The van der Waals surface area contributed by atoms with E-state index < -0.39 is 0 Å². The van der Waals surface area contributed by atoms with Gasteiger partial charge in [-0.15, -0.1) is 0 Å². The Balaban J connectivity index is 0. The first-order chi connectivity index (χ1) is 0. The molecule has 0 aliphatic heterocycles. The molecule has 0 aliphatic rings. The first-order valence-corrected chi connectivity index (χ1v) is 0. The third-order valence-corrected chi connectivity index (χ3v) is 0. The van der Waals surface area contributed by atoms with Crippen molar-refractivity contribution in [1.82, 2.24) is 0 Å². The van der Waals surface area contributed by atoms with Crippen LogP contribution in [0.25, 0.3) is 0 Å². The SMILES string of the molecule is [Al].[As].[Cu].[Zn]. The van der Waals surface area contributed by atoms with Gasteiger partial charge in [-0.1, -0.05) is 0 Å². The summed E-state index contributed by atoms with van der Waals surface area (Å²) in [6, 6.07) is 0. The van der Waals surface area contributed by atoms with Crippen molar-refractivity contribution in [3.8, 4) is 0 Å². The van der Waals surface area contributed by atoms with Crippen molar-refractivity contribution < 1.29 is 36.5 Å². The second-order valence-electron chi connectivity index (χ2n) is 0. The zero-order chi connectivity index (χ0) is 0. The fraction of sp³-hybridized carbons (Fsp3) is 0. The minimum atomic E-state index is 0. The van der Waals surface area contributed by atoms with E-state index in [-0.39, 0.29) is 71.9 Å². The Morgan fingerprint density at radius 2 is 1.00 bits per heavy atom. The molecule has 0 spiro atoms.